The highest BCUT2D eigenvalue weighted by atomic mass is 14.6. The lowest BCUT2D eigenvalue weighted by Crippen LogP contribution is -1.88. The van der Waals surface area contributed by atoms with Gasteiger partial charge in [0.1, 0.15) is 5.56 Å². The Hall–Kier alpha value is -4.03. The first-order valence-electron chi connectivity index (χ1n) is 18.3. The molecule has 0 nitrogen and oxygen atoms in total. The highest BCUT2D eigenvalue weighted by Crippen LogP contribution is 2.70. The van der Waals surface area contributed by atoms with Crippen molar-refractivity contribution in [2.24, 2.45) is 0 Å². The molecule has 0 aromatic carbocycles. The average molecular weight is 630 g/mol. The number of fused-ring (bicyclic) bond motifs is 3. The Labute approximate surface area is 290 Å². The highest BCUT2D eigenvalue weighted by Gasteiger charge is 2.62. The smallest absolute Gasteiger partial charge is 0.0587 e. The van der Waals surface area contributed by atoms with Crippen LogP contribution >= 0.6 is 0 Å². The quantitative estimate of drug-likeness (QED) is 0.161. The van der Waals surface area contributed by atoms with E-state index in [4.69, 9.17) is 0 Å². The van der Waals surface area contributed by atoms with Gasteiger partial charge in [0.2, 0.25) is 0 Å². The van der Waals surface area contributed by atoms with Crippen molar-refractivity contribution in [1.82, 2.24) is 0 Å². The maximum atomic E-state index is 2.54. The van der Waals surface area contributed by atoms with Crippen LogP contribution in [0.25, 0.3) is 33.4 Å². The van der Waals surface area contributed by atoms with Gasteiger partial charge in [0, 0.05) is 11.1 Å². The molecular weight excluding hydrogens is 577 g/mol. The lowest BCUT2D eigenvalue weighted by Gasteiger charge is -2.06. The molecule has 0 N–H and O–H groups in total. The number of aryl methyl sites for hydroxylation is 6. The minimum atomic E-state index is 0.337. The SMILES string of the molecule is Cc1cc([C+]2C(c3cc(C)c4cc(C(C)C)ccc(C)c3-4)C2c2cc(C)c3cc(C(C)C)ccc(C)c2-3)c2c(C)ccc(C(C)C)cc1-2. The zero-order chi connectivity index (χ0) is 34.3. The molecule has 7 aliphatic rings. The number of hydrogen-bond donors (Lipinski definition) is 0. The summed E-state index contributed by atoms with van der Waals surface area (Å²) in [5, 5.41) is 0. The Morgan fingerprint density at radius 2 is 0.729 bits per heavy atom. The maximum Gasteiger partial charge on any atom is 0.142 e. The Morgan fingerprint density at radius 1 is 0.396 bits per heavy atom. The van der Waals surface area contributed by atoms with Crippen molar-refractivity contribution in [2.45, 2.75) is 113 Å². The molecule has 0 aromatic rings. The van der Waals surface area contributed by atoms with Crippen LogP contribution in [0, 0.1) is 47.5 Å². The molecule has 0 aliphatic heterocycles. The lowest BCUT2D eigenvalue weighted by molar-refractivity contribution is 0.868. The van der Waals surface area contributed by atoms with Gasteiger partial charge in [-0.25, -0.2) is 0 Å². The summed E-state index contributed by atoms with van der Waals surface area (Å²) in [6.45, 7) is 27.8. The zero-order valence-corrected chi connectivity index (χ0v) is 31.3. The first-order valence-corrected chi connectivity index (χ1v) is 18.3. The monoisotopic (exact) mass is 629 g/mol. The summed E-state index contributed by atoms with van der Waals surface area (Å²) < 4.78 is 0. The van der Waals surface area contributed by atoms with E-state index in [0.29, 0.717) is 29.6 Å². The fraction of sp³-hybridized carbons (Fsp3) is 0.354. The lowest BCUT2D eigenvalue weighted by atomic mass is 9.96. The van der Waals surface area contributed by atoms with Crippen LogP contribution in [-0.4, -0.2) is 0 Å². The van der Waals surface area contributed by atoms with Gasteiger partial charge >= 0.3 is 0 Å². The maximum absolute atomic E-state index is 2.54. The molecule has 7 aliphatic carbocycles. The van der Waals surface area contributed by atoms with E-state index in [-0.39, 0.29) is 0 Å². The molecule has 2 unspecified atom stereocenters. The Kier molecular flexibility index (Phi) is 8.02. The summed E-state index contributed by atoms with van der Waals surface area (Å²) in [6, 6.07) is 29.2. The van der Waals surface area contributed by atoms with Crippen LogP contribution < -0.4 is 0 Å². The third kappa shape index (κ3) is 5.15. The molecule has 48 heavy (non-hydrogen) atoms. The summed E-state index contributed by atoms with van der Waals surface area (Å²) >= 11 is 0. The Bertz CT molecular complexity index is 1840. The zero-order valence-electron chi connectivity index (χ0n) is 31.3. The van der Waals surface area contributed by atoms with Crippen LogP contribution in [0.5, 0.6) is 0 Å². The second kappa shape index (κ2) is 11.8. The van der Waals surface area contributed by atoms with E-state index >= 15 is 0 Å². The third-order valence-electron chi connectivity index (χ3n) is 11.6. The fourth-order valence-electron chi connectivity index (χ4n) is 8.69. The molecule has 0 heterocycles. The third-order valence-corrected chi connectivity index (χ3v) is 11.6. The van der Waals surface area contributed by atoms with Gasteiger partial charge in [0.25, 0.3) is 0 Å². The molecule has 2 atom stereocenters. The molecule has 0 spiro atoms. The van der Waals surface area contributed by atoms with E-state index in [1.807, 2.05) is 0 Å². The van der Waals surface area contributed by atoms with Crippen molar-refractivity contribution in [2.75, 3.05) is 0 Å². The minimum Gasteiger partial charge on any atom is -0.0587 e. The van der Waals surface area contributed by atoms with Gasteiger partial charge in [-0.15, -0.1) is 0 Å². The van der Waals surface area contributed by atoms with Gasteiger partial charge in [0.05, 0.1) is 34.9 Å². The van der Waals surface area contributed by atoms with Crippen LogP contribution in [-0.2, 0) is 0 Å². The topological polar surface area (TPSA) is 0 Å². The van der Waals surface area contributed by atoms with Crippen molar-refractivity contribution < 1.29 is 0 Å². The molecule has 1 fully saturated rings. The summed E-state index contributed by atoms with van der Waals surface area (Å²) in [4.78, 5) is 0. The van der Waals surface area contributed by atoms with Gasteiger partial charge in [-0.05, 0) is 144 Å². The summed E-state index contributed by atoms with van der Waals surface area (Å²) in [7, 11) is 0. The first-order chi connectivity index (χ1) is 22.8. The van der Waals surface area contributed by atoms with Crippen molar-refractivity contribution in [3.63, 3.8) is 0 Å². The number of hydrogen-bond acceptors (Lipinski definition) is 0. The Balaban J connectivity index is 1.48. The van der Waals surface area contributed by atoms with Gasteiger partial charge in [0.15, 0.2) is 0 Å². The molecule has 0 amide bonds. The molecule has 0 bridgehead atoms. The van der Waals surface area contributed by atoms with E-state index in [1.54, 1.807) is 5.92 Å². The van der Waals surface area contributed by atoms with Crippen molar-refractivity contribution in [1.29, 1.82) is 0 Å². The van der Waals surface area contributed by atoms with Gasteiger partial charge < -0.3 is 0 Å². The van der Waals surface area contributed by atoms with E-state index < -0.39 is 0 Å². The summed E-state index contributed by atoms with van der Waals surface area (Å²) in [5.74, 6) is 3.74. The minimum absolute atomic E-state index is 0.337. The van der Waals surface area contributed by atoms with Crippen molar-refractivity contribution in [3.8, 4) is 33.4 Å². The second-order valence-corrected chi connectivity index (χ2v) is 16.0. The van der Waals surface area contributed by atoms with Crippen LogP contribution in [0.3, 0.4) is 0 Å². The summed E-state index contributed by atoms with van der Waals surface area (Å²) in [5.41, 5.74) is 25.6. The predicted molar refractivity (Wildman–Crippen MR) is 208 cm³/mol. The first kappa shape index (κ1) is 32.5. The second-order valence-electron chi connectivity index (χ2n) is 16.0. The normalized spacial score (nSPS) is 16.4. The van der Waals surface area contributed by atoms with E-state index in [1.165, 1.54) is 100 Å². The highest BCUT2D eigenvalue weighted by molar-refractivity contribution is 5.89. The largest absolute Gasteiger partial charge is 0.142 e. The van der Waals surface area contributed by atoms with E-state index in [2.05, 4.69) is 156 Å². The van der Waals surface area contributed by atoms with Crippen LogP contribution in [0.15, 0.2) is 72.8 Å². The van der Waals surface area contributed by atoms with E-state index in [0.717, 1.165) is 0 Å². The van der Waals surface area contributed by atoms with Gasteiger partial charge in [-0.3, -0.25) is 0 Å². The standard InChI is InChI=1S/C48H53/c1-25(2)34-16-13-28(7)43-37(22-34)31(10)19-40(43)46-47(41-20-32(11)38-23-35(26(3)4)17-14-29(8)44(38)41)48(46)42-21-33(12)39-24-36(27(5)6)18-15-30(9)45(39)42/h13-27,46-47H,1-12H3/q+1. The fourth-order valence-corrected chi connectivity index (χ4v) is 8.69. The number of rotatable bonds is 6. The molecule has 7 rings (SSSR count). The molecule has 0 saturated heterocycles. The molecule has 1 saturated carbocycles. The van der Waals surface area contributed by atoms with E-state index in [9.17, 15) is 0 Å². The average Bonchev–Trinajstić information content (AvgIpc) is 3.58. The summed E-state index contributed by atoms with van der Waals surface area (Å²) in [6.07, 6.45) is 0. The molecular formula is C48H53+. The van der Waals surface area contributed by atoms with Crippen LogP contribution in [0.4, 0.5) is 0 Å². The Morgan fingerprint density at radius 3 is 1.10 bits per heavy atom. The molecule has 0 radical (unpaired) electrons. The van der Waals surface area contributed by atoms with Crippen LogP contribution in [0.2, 0.25) is 0 Å². The van der Waals surface area contributed by atoms with Crippen molar-refractivity contribution in [3.05, 3.63) is 145 Å². The molecule has 244 valence electrons. The molecule has 0 heteroatoms. The van der Waals surface area contributed by atoms with Crippen molar-refractivity contribution >= 4 is 0 Å². The van der Waals surface area contributed by atoms with Gasteiger partial charge in [-0.2, -0.15) is 0 Å². The van der Waals surface area contributed by atoms with Gasteiger partial charge in [-0.1, -0.05) is 96.1 Å². The molecule has 0 aromatic heterocycles. The predicted octanol–water partition coefficient (Wildman–Crippen LogP) is 13.7. The van der Waals surface area contributed by atoms with Crippen LogP contribution in [0.1, 0.15) is 138 Å².